The molecule has 3 nitrogen and oxygen atoms in total. The van der Waals surface area contributed by atoms with E-state index in [1.54, 1.807) is 0 Å². The van der Waals surface area contributed by atoms with E-state index >= 15 is 0 Å². The lowest BCUT2D eigenvalue weighted by molar-refractivity contribution is 0.176. The molecule has 2 aromatic rings. The van der Waals surface area contributed by atoms with Gasteiger partial charge >= 0.3 is 0 Å². The molecule has 1 saturated heterocycles. The maximum absolute atomic E-state index is 9.25. The fourth-order valence-corrected chi connectivity index (χ4v) is 3.75. The Hall–Kier alpha value is -1.84. The predicted octanol–water partition coefficient (Wildman–Crippen LogP) is 4.80. The Morgan fingerprint density at radius 3 is 2.54 bits per heavy atom. The van der Waals surface area contributed by atoms with Crippen LogP contribution in [0, 0.1) is 5.92 Å². The van der Waals surface area contributed by atoms with Crippen molar-refractivity contribution in [2.75, 3.05) is 13.1 Å². The van der Waals surface area contributed by atoms with Crippen LogP contribution in [0.5, 0.6) is 0 Å². The molecule has 24 heavy (non-hydrogen) atoms. The minimum absolute atomic E-state index is 0.267. The minimum Gasteiger partial charge on any atom is -0.411 e. The first-order chi connectivity index (χ1) is 11.7. The van der Waals surface area contributed by atoms with Crippen molar-refractivity contribution in [2.45, 2.75) is 25.8 Å². The Morgan fingerprint density at radius 1 is 1.17 bits per heavy atom. The van der Waals surface area contributed by atoms with Gasteiger partial charge in [0.05, 0.1) is 5.71 Å². The van der Waals surface area contributed by atoms with Gasteiger partial charge in [0.1, 0.15) is 0 Å². The molecular weight excluding hydrogens is 320 g/mol. The number of oxime groups is 1. The summed E-state index contributed by atoms with van der Waals surface area (Å²) in [5.41, 5.74) is 3.40. The molecule has 0 amide bonds. The highest BCUT2D eigenvalue weighted by molar-refractivity contribution is 6.30. The molecule has 0 unspecified atom stereocenters. The van der Waals surface area contributed by atoms with Crippen molar-refractivity contribution in [3.05, 3.63) is 70.7 Å². The molecule has 0 saturated carbocycles. The van der Waals surface area contributed by atoms with Crippen LogP contribution in [-0.4, -0.2) is 28.9 Å². The Morgan fingerprint density at radius 2 is 1.88 bits per heavy atom. The summed E-state index contributed by atoms with van der Waals surface area (Å²) < 4.78 is 0. The van der Waals surface area contributed by atoms with Crippen LogP contribution in [0.1, 0.15) is 30.4 Å². The summed E-state index contributed by atoms with van der Waals surface area (Å²) in [5.74, 6) is 0.582. The second-order valence-electron chi connectivity index (χ2n) is 6.52. The third kappa shape index (κ3) is 3.97. The predicted molar refractivity (Wildman–Crippen MR) is 98.9 cm³/mol. The van der Waals surface area contributed by atoms with Crippen molar-refractivity contribution in [2.24, 2.45) is 11.1 Å². The molecule has 0 bridgehead atoms. The summed E-state index contributed by atoms with van der Waals surface area (Å²) in [5, 5.41) is 13.5. The second-order valence-corrected chi connectivity index (χ2v) is 6.95. The van der Waals surface area contributed by atoms with Gasteiger partial charge in [-0.1, -0.05) is 59.2 Å². The average molecular weight is 343 g/mol. The number of rotatable bonds is 4. The van der Waals surface area contributed by atoms with Gasteiger partial charge in [-0.25, -0.2) is 0 Å². The zero-order valence-electron chi connectivity index (χ0n) is 13.9. The number of likely N-dealkylation sites (tertiary alicyclic amines) is 1. The average Bonchev–Trinajstić information content (AvgIpc) is 2.62. The molecule has 1 aliphatic heterocycles. The van der Waals surface area contributed by atoms with Crippen LogP contribution in [-0.2, 0) is 6.54 Å². The van der Waals surface area contributed by atoms with Gasteiger partial charge in [0, 0.05) is 29.9 Å². The summed E-state index contributed by atoms with van der Waals surface area (Å²) in [6.45, 7) is 4.83. The fourth-order valence-electron chi connectivity index (χ4n) is 3.63. The van der Waals surface area contributed by atoms with E-state index in [0.29, 0.717) is 5.92 Å². The number of hydrogen-bond donors (Lipinski definition) is 1. The van der Waals surface area contributed by atoms with Crippen molar-refractivity contribution >= 4 is 17.3 Å². The van der Waals surface area contributed by atoms with Gasteiger partial charge < -0.3 is 5.21 Å². The van der Waals surface area contributed by atoms with Crippen LogP contribution < -0.4 is 0 Å². The van der Waals surface area contributed by atoms with Crippen LogP contribution >= 0.6 is 11.6 Å². The number of hydrogen-bond acceptors (Lipinski definition) is 3. The van der Waals surface area contributed by atoms with Crippen molar-refractivity contribution < 1.29 is 5.21 Å². The maximum atomic E-state index is 9.25. The maximum Gasteiger partial charge on any atom is 0.0577 e. The number of benzene rings is 2. The normalized spacial score (nSPS) is 22.5. The Bertz CT molecular complexity index is 685. The molecule has 0 aromatic heterocycles. The molecule has 2 aromatic carbocycles. The lowest BCUT2D eigenvalue weighted by Gasteiger charge is -2.38. The molecular formula is C20H23ClN2O. The van der Waals surface area contributed by atoms with Crippen molar-refractivity contribution in [1.29, 1.82) is 0 Å². The van der Waals surface area contributed by atoms with Crippen LogP contribution in [0.25, 0.3) is 0 Å². The van der Waals surface area contributed by atoms with Crippen molar-refractivity contribution in [3.63, 3.8) is 0 Å². The molecule has 1 N–H and O–H groups in total. The highest BCUT2D eigenvalue weighted by atomic mass is 35.5. The van der Waals surface area contributed by atoms with E-state index in [0.717, 1.165) is 36.8 Å². The molecule has 1 fully saturated rings. The zero-order chi connectivity index (χ0) is 16.9. The molecule has 2 atom stereocenters. The first-order valence-corrected chi connectivity index (χ1v) is 8.75. The quantitative estimate of drug-likeness (QED) is 0.492. The van der Waals surface area contributed by atoms with Gasteiger partial charge in [-0.2, -0.15) is 0 Å². The SMILES string of the molecule is CC(=NO)[C@H]1CCN(Cc2ccccc2)C[C@@H]1c1ccc(Cl)cc1. The van der Waals surface area contributed by atoms with Crippen LogP contribution in [0.3, 0.4) is 0 Å². The number of piperidine rings is 1. The van der Waals surface area contributed by atoms with E-state index in [4.69, 9.17) is 11.6 Å². The molecule has 4 heteroatoms. The van der Waals surface area contributed by atoms with Crippen molar-refractivity contribution in [3.8, 4) is 0 Å². The standard InChI is InChI=1S/C20H23ClN2O/c1-15(22-24)19-11-12-23(13-16-5-3-2-4-6-16)14-20(19)17-7-9-18(21)10-8-17/h2-10,19-20,24H,11-14H2,1H3/t19-,20-/m1/s1. The van der Waals surface area contributed by atoms with Crippen LogP contribution in [0.2, 0.25) is 5.02 Å². The lowest BCUT2D eigenvalue weighted by Crippen LogP contribution is -2.41. The molecule has 0 spiro atoms. The summed E-state index contributed by atoms with van der Waals surface area (Å²) in [7, 11) is 0. The van der Waals surface area contributed by atoms with E-state index in [2.05, 4.69) is 46.5 Å². The van der Waals surface area contributed by atoms with E-state index < -0.39 is 0 Å². The zero-order valence-corrected chi connectivity index (χ0v) is 14.7. The van der Waals surface area contributed by atoms with Crippen LogP contribution in [0.4, 0.5) is 0 Å². The molecule has 126 valence electrons. The number of halogens is 1. The first-order valence-electron chi connectivity index (χ1n) is 8.37. The Balaban J connectivity index is 1.80. The smallest absolute Gasteiger partial charge is 0.0577 e. The molecule has 3 rings (SSSR count). The van der Waals surface area contributed by atoms with Gasteiger partial charge in [-0.3, -0.25) is 4.90 Å². The van der Waals surface area contributed by atoms with E-state index in [-0.39, 0.29) is 5.92 Å². The Labute approximate surface area is 148 Å². The van der Waals surface area contributed by atoms with Crippen molar-refractivity contribution in [1.82, 2.24) is 4.90 Å². The molecule has 0 radical (unpaired) electrons. The highest BCUT2D eigenvalue weighted by Gasteiger charge is 2.32. The highest BCUT2D eigenvalue weighted by Crippen LogP contribution is 2.34. The van der Waals surface area contributed by atoms with Gasteiger partial charge in [-0.15, -0.1) is 0 Å². The number of nitrogens with zero attached hydrogens (tertiary/aromatic N) is 2. The van der Waals surface area contributed by atoms with Gasteiger partial charge in [0.15, 0.2) is 0 Å². The van der Waals surface area contributed by atoms with Gasteiger partial charge in [0.2, 0.25) is 0 Å². The summed E-state index contributed by atoms with van der Waals surface area (Å²) in [6.07, 6.45) is 0.996. The summed E-state index contributed by atoms with van der Waals surface area (Å²) >= 11 is 6.04. The summed E-state index contributed by atoms with van der Waals surface area (Å²) in [6, 6.07) is 18.6. The lowest BCUT2D eigenvalue weighted by atomic mass is 9.78. The molecule has 0 aliphatic carbocycles. The minimum atomic E-state index is 0.267. The Kier molecular flexibility index (Phi) is 5.54. The third-order valence-corrected chi connectivity index (χ3v) is 5.19. The van der Waals surface area contributed by atoms with E-state index in [1.165, 1.54) is 11.1 Å². The van der Waals surface area contributed by atoms with E-state index in [1.807, 2.05) is 25.1 Å². The topological polar surface area (TPSA) is 35.8 Å². The van der Waals surface area contributed by atoms with Gasteiger partial charge in [0.25, 0.3) is 0 Å². The third-order valence-electron chi connectivity index (χ3n) is 4.94. The summed E-state index contributed by atoms with van der Waals surface area (Å²) in [4.78, 5) is 2.48. The van der Waals surface area contributed by atoms with Crippen LogP contribution in [0.15, 0.2) is 59.8 Å². The molecule has 1 heterocycles. The van der Waals surface area contributed by atoms with E-state index in [9.17, 15) is 5.21 Å². The van der Waals surface area contributed by atoms with Gasteiger partial charge in [-0.05, 0) is 43.1 Å². The fraction of sp³-hybridized carbons (Fsp3) is 0.350. The second kappa shape index (κ2) is 7.82. The monoisotopic (exact) mass is 342 g/mol. The first kappa shape index (κ1) is 17.0. The molecule has 1 aliphatic rings. The largest absolute Gasteiger partial charge is 0.411 e.